The molecule has 0 bridgehead atoms. The van der Waals surface area contributed by atoms with Crippen LogP contribution < -0.4 is 10.6 Å². The summed E-state index contributed by atoms with van der Waals surface area (Å²) in [5.74, 6) is -0.597. The third kappa shape index (κ3) is 5.92. The molecule has 0 aliphatic heterocycles. The number of benzene rings is 1. The SMILES string of the molecule is O=C(COC(=O)c1cccc(NC(=O)c2cccs2)c1)NCC1CCCCC1. The van der Waals surface area contributed by atoms with E-state index < -0.39 is 5.97 Å². The van der Waals surface area contributed by atoms with Crippen molar-refractivity contribution in [3.8, 4) is 0 Å². The van der Waals surface area contributed by atoms with Crippen molar-refractivity contribution >= 4 is 34.8 Å². The average molecular weight is 401 g/mol. The lowest BCUT2D eigenvalue weighted by atomic mass is 9.89. The second-order valence-corrected chi connectivity index (χ2v) is 7.84. The maximum absolute atomic E-state index is 12.2. The molecule has 6 nitrogen and oxygen atoms in total. The van der Waals surface area contributed by atoms with Crippen molar-refractivity contribution in [3.63, 3.8) is 0 Å². The summed E-state index contributed by atoms with van der Waals surface area (Å²) in [6.45, 7) is 0.331. The predicted octanol–water partition coefficient (Wildman–Crippen LogP) is 3.85. The number of thiophene rings is 1. The fourth-order valence-electron chi connectivity index (χ4n) is 3.24. The van der Waals surface area contributed by atoms with Crippen LogP contribution in [0.15, 0.2) is 41.8 Å². The van der Waals surface area contributed by atoms with Gasteiger partial charge in [-0.05, 0) is 48.4 Å². The van der Waals surface area contributed by atoms with Crippen LogP contribution in [0.25, 0.3) is 0 Å². The lowest BCUT2D eigenvalue weighted by molar-refractivity contribution is -0.124. The standard InChI is InChI=1S/C21H24N2O4S/c24-19(22-13-15-6-2-1-3-7-15)14-27-21(26)16-8-4-9-17(12-16)23-20(25)18-10-5-11-28-18/h4-5,8-12,15H,1-3,6-7,13-14H2,(H,22,24)(H,23,25). The maximum Gasteiger partial charge on any atom is 0.338 e. The van der Waals surface area contributed by atoms with Crippen molar-refractivity contribution in [2.75, 3.05) is 18.5 Å². The molecule has 3 rings (SSSR count). The number of rotatable bonds is 7. The molecular weight excluding hydrogens is 376 g/mol. The topological polar surface area (TPSA) is 84.5 Å². The molecule has 2 N–H and O–H groups in total. The Labute approximate surface area is 168 Å². The number of carbonyl (C=O) groups excluding carboxylic acids is 3. The van der Waals surface area contributed by atoms with Crippen molar-refractivity contribution in [2.45, 2.75) is 32.1 Å². The molecular formula is C21H24N2O4S. The van der Waals surface area contributed by atoms with Gasteiger partial charge in [0.25, 0.3) is 11.8 Å². The molecule has 1 heterocycles. The normalized spacial score (nSPS) is 14.3. The van der Waals surface area contributed by atoms with Crippen molar-refractivity contribution in [2.24, 2.45) is 5.92 Å². The molecule has 7 heteroatoms. The van der Waals surface area contributed by atoms with E-state index in [-0.39, 0.29) is 24.0 Å². The Kier molecular flexibility index (Phi) is 7.19. The Morgan fingerprint density at radius 2 is 1.89 bits per heavy atom. The van der Waals surface area contributed by atoms with E-state index in [4.69, 9.17) is 4.74 Å². The quantitative estimate of drug-likeness (QED) is 0.692. The minimum atomic E-state index is -0.597. The average Bonchev–Trinajstić information content (AvgIpc) is 3.26. The van der Waals surface area contributed by atoms with E-state index in [1.165, 1.54) is 36.7 Å². The number of carbonyl (C=O) groups is 3. The first-order valence-corrected chi connectivity index (χ1v) is 10.4. The smallest absolute Gasteiger partial charge is 0.338 e. The molecule has 1 aromatic heterocycles. The lowest BCUT2D eigenvalue weighted by Crippen LogP contribution is -2.33. The van der Waals surface area contributed by atoms with Crippen LogP contribution in [-0.4, -0.2) is 30.9 Å². The van der Waals surface area contributed by atoms with Gasteiger partial charge < -0.3 is 15.4 Å². The maximum atomic E-state index is 12.2. The van der Waals surface area contributed by atoms with Gasteiger partial charge in [-0.3, -0.25) is 9.59 Å². The van der Waals surface area contributed by atoms with E-state index in [1.807, 2.05) is 5.38 Å². The van der Waals surface area contributed by atoms with E-state index in [0.717, 1.165) is 12.8 Å². The third-order valence-electron chi connectivity index (χ3n) is 4.75. The van der Waals surface area contributed by atoms with Gasteiger partial charge in [0.2, 0.25) is 0 Å². The van der Waals surface area contributed by atoms with Gasteiger partial charge in [-0.15, -0.1) is 11.3 Å². The molecule has 2 aromatic rings. The zero-order chi connectivity index (χ0) is 19.8. The van der Waals surface area contributed by atoms with E-state index in [0.29, 0.717) is 23.0 Å². The highest BCUT2D eigenvalue weighted by Crippen LogP contribution is 2.22. The first-order valence-electron chi connectivity index (χ1n) is 9.50. The van der Waals surface area contributed by atoms with Crippen LogP contribution in [0.3, 0.4) is 0 Å². The molecule has 0 radical (unpaired) electrons. The van der Waals surface area contributed by atoms with E-state index in [2.05, 4.69) is 10.6 Å². The van der Waals surface area contributed by atoms with Gasteiger partial charge in [-0.1, -0.05) is 31.4 Å². The summed E-state index contributed by atoms with van der Waals surface area (Å²) in [4.78, 5) is 36.8. The molecule has 1 aliphatic carbocycles. The van der Waals surface area contributed by atoms with Crippen LogP contribution in [-0.2, 0) is 9.53 Å². The molecule has 0 unspecified atom stereocenters. The molecule has 2 amide bonds. The van der Waals surface area contributed by atoms with Gasteiger partial charge in [0, 0.05) is 12.2 Å². The molecule has 148 valence electrons. The second kappa shape index (κ2) is 10.0. The molecule has 1 aromatic carbocycles. The van der Waals surface area contributed by atoms with Gasteiger partial charge in [0.15, 0.2) is 6.61 Å². The van der Waals surface area contributed by atoms with E-state index in [9.17, 15) is 14.4 Å². The Morgan fingerprint density at radius 1 is 1.07 bits per heavy atom. The number of esters is 1. The molecule has 0 saturated heterocycles. The van der Waals surface area contributed by atoms with Crippen molar-refractivity contribution in [3.05, 3.63) is 52.2 Å². The summed E-state index contributed by atoms with van der Waals surface area (Å²) < 4.78 is 5.10. The Hall–Kier alpha value is -2.67. The lowest BCUT2D eigenvalue weighted by Gasteiger charge is -2.21. The highest BCUT2D eigenvalue weighted by atomic mass is 32.1. The minimum absolute atomic E-state index is 0.234. The monoisotopic (exact) mass is 400 g/mol. The fraction of sp³-hybridized carbons (Fsp3) is 0.381. The number of ether oxygens (including phenoxy) is 1. The van der Waals surface area contributed by atoms with Gasteiger partial charge in [0.1, 0.15) is 0 Å². The Balaban J connectivity index is 1.46. The Bertz CT molecular complexity index is 814. The highest BCUT2D eigenvalue weighted by Gasteiger charge is 2.16. The first kappa shape index (κ1) is 20.1. The predicted molar refractivity (Wildman–Crippen MR) is 109 cm³/mol. The molecule has 1 fully saturated rings. The zero-order valence-corrected chi connectivity index (χ0v) is 16.4. The van der Waals surface area contributed by atoms with Gasteiger partial charge >= 0.3 is 5.97 Å². The van der Waals surface area contributed by atoms with Crippen LogP contribution >= 0.6 is 11.3 Å². The minimum Gasteiger partial charge on any atom is -0.452 e. The summed E-state index contributed by atoms with van der Waals surface area (Å²) in [7, 11) is 0. The van der Waals surface area contributed by atoms with Crippen molar-refractivity contribution in [1.82, 2.24) is 5.32 Å². The van der Waals surface area contributed by atoms with Crippen molar-refractivity contribution in [1.29, 1.82) is 0 Å². The summed E-state index contributed by atoms with van der Waals surface area (Å²) in [5, 5.41) is 7.41. The second-order valence-electron chi connectivity index (χ2n) is 6.90. The molecule has 0 atom stereocenters. The fourth-order valence-corrected chi connectivity index (χ4v) is 3.86. The molecule has 28 heavy (non-hydrogen) atoms. The zero-order valence-electron chi connectivity index (χ0n) is 15.6. The van der Waals surface area contributed by atoms with Crippen LogP contribution in [0, 0.1) is 5.92 Å². The van der Waals surface area contributed by atoms with Crippen molar-refractivity contribution < 1.29 is 19.1 Å². The van der Waals surface area contributed by atoms with Gasteiger partial charge in [-0.25, -0.2) is 4.79 Å². The van der Waals surface area contributed by atoms with Crippen LogP contribution in [0.5, 0.6) is 0 Å². The molecule has 1 saturated carbocycles. The largest absolute Gasteiger partial charge is 0.452 e. The molecule has 1 aliphatic rings. The van der Waals surface area contributed by atoms with Gasteiger partial charge in [-0.2, -0.15) is 0 Å². The van der Waals surface area contributed by atoms with E-state index >= 15 is 0 Å². The third-order valence-corrected chi connectivity index (χ3v) is 5.62. The summed E-state index contributed by atoms with van der Waals surface area (Å²) in [6.07, 6.45) is 5.99. The van der Waals surface area contributed by atoms with Crippen LogP contribution in [0.4, 0.5) is 5.69 Å². The first-order chi connectivity index (χ1) is 13.6. The van der Waals surface area contributed by atoms with Gasteiger partial charge in [0.05, 0.1) is 10.4 Å². The summed E-state index contributed by atoms with van der Waals surface area (Å²) in [6, 6.07) is 10.00. The highest BCUT2D eigenvalue weighted by molar-refractivity contribution is 7.12. The summed E-state index contributed by atoms with van der Waals surface area (Å²) in [5.41, 5.74) is 0.777. The Morgan fingerprint density at radius 3 is 2.64 bits per heavy atom. The number of amides is 2. The number of anilines is 1. The van der Waals surface area contributed by atoms with Crippen LogP contribution in [0.2, 0.25) is 0 Å². The van der Waals surface area contributed by atoms with E-state index in [1.54, 1.807) is 30.3 Å². The number of hydrogen-bond acceptors (Lipinski definition) is 5. The number of nitrogens with one attached hydrogen (secondary N) is 2. The van der Waals surface area contributed by atoms with Crippen LogP contribution in [0.1, 0.15) is 52.1 Å². The summed E-state index contributed by atoms with van der Waals surface area (Å²) >= 11 is 1.34. The number of hydrogen-bond donors (Lipinski definition) is 2. The molecule has 0 spiro atoms.